The number of aromatic nitrogens is 1. The summed E-state index contributed by atoms with van der Waals surface area (Å²) in [5, 5.41) is 11.9. The van der Waals surface area contributed by atoms with E-state index >= 15 is 0 Å². The summed E-state index contributed by atoms with van der Waals surface area (Å²) in [4.78, 5) is 2.48. The number of piperidine rings is 1. The summed E-state index contributed by atoms with van der Waals surface area (Å²) in [6, 6.07) is 19.2. The van der Waals surface area contributed by atoms with Crippen molar-refractivity contribution in [1.29, 1.82) is 0 Å². The Labute approximate surface area is 149 Å². The Bertz CT molecular complexity index is 840. The van der Waals surface area contributed by atoms with E-state index < -0.39 is 0 Å². The maximum atomic E-state index is 10.6. The normalized spacial score (nSPS) is 21.7. The maximum Gasteiger partial charge on any atom is 0.0596 e. The number of hydrogen-bond donors (Lipinski definition) is 1. The number of aliphatic hydroxyl groups is 1. The highest BCUT2D eigenvalue weighted by Crippen LogP contribution is 2.27. The van der Waals surface area contributed by atoms with Gasteiger partial charge in [-0.1, -0.05) is 48.5 Å². The number of nitrogens with zero attached hydrogens (tertiary/aromatic N) is 2. The molecule has 2 unspecified atom stereocenters. The zero-order chi connectivity index (χ0) is 17.2. The van der Waals surface area contributed by atoms with Crippen LogP contribution in [0.1, 0.15) is 17.5 Å². The van der Waals surface area contributed by atoms with E-state index in [1.165, 1.54) is 22.0 Å². The van der Waals surface area contributed by atoms with Crippen LogP contribution in [0.2, 0.25) is 0 Å². The van der Waals surface area contributed by atoms with Crippen LogP contribution in [0.15, 0.2) is 60.8 Å². The summed E-state index contributed by atoms with van der Waals surface area (Å²) >= 11 is 0. The van der Waals surface area contributed by atoms with Crippen LogP contribution in [0.5, 0.6) is 0 Å². The molecule has 0 aliphatic carbocycles. The van der Waals surface area contributed by atoms with Crippen molar-refractivity contribution in [1.82, 2.24) is 9.47 Å². The molecule has 0 spiro atoms. The first-order valence-corrected chi connectivity index (χ1v) is 9.18. The standard InChI is InChI=1S/C22H26N2O/c1-23-15-18(20-9-5-6-10-21(20)23)13-19-16-24(12-11-22(19)25)14-17-7-3-2-4-8-17/h2-10,15,19,22,25H,11-14,16H2,1H3. The molecule has 0 bridgehead atoms. The number of benzene rings is 2. The van der Waals surface area contributed by atoms with Gasteiger partial charge in [-0.25, -0.2) is 0 Å². The van der Waals surface area contributed by atoms with Crippen LogP contribution >= 0.6 is 0 Å². The second-order valence-electron chi connectivity index (χ2n) is 7.32. The molecule has 1 N–H and O–H groups in total. The fourth-order valence-corrected chi connectivity index (χ4v) is 4.15. The van der Waals surface area contributed by atoms with Crippen LogP contribution < -0.4 is 0 Å². The molecule has 3 aromatic rings. The second kappa shape index (κ2) is 7.03. The molecule has 3 nitrogen and oxygen atoms in total. The molecular weight excluding hydrogens is 308 g/mol. The van der Waals surface area contributed by atoms with E-state index in [2.05, 4.69) is 77.3 Å². The topological polar surface area (TPSA) is 28.4 Å². The SMILES string of the molecule is Cn1cc(CC2CN(Cc3ccccc3)CCC2O)c2ccccc21. The van der Waals surface area contributed by atoms with Gasteiger partial charge in [0.1, 0.15) is 0 Å². The van der Waals surface area contributed by atoms with Gasteiger partial charge in [0.05, 0.1) is 6.10 Å². The van der Waals surface area contributed by atoms with Crippen molar-refractivity contribution in [3.8, 4) is 0 Å². The Balaban J connectivity index is 1.50. The van der Waals surface area contributed by atoms with Gasteiger partial charge in [0.25, 0.3) is 0 Å². The summed E-state index contributed by atoms with van der Waals surface area (Å²) in [6.45, 7) is 2.90. The number of aryl methyl sites for hydroxylation is 1. The monoisotopic (exact) mass is 334 g/mol. The first kappa shape index (κ1) is 16.4. The van der Waals surface area contributed by atoms with E-state index in [-0.39, 0.29) is 6.10 Å². The molecule has 3 heteroatoms. The lowest BCUT2D eigenvalue weighted by Gasteiger charge is -2.36. The first-order valence-electron chi connectivity index (χ1n) is 9.18. The summed E-state index contributed by atoms with van der Waals surface area (Å²) < 4.78 is 2.20. The highest BCUT2D eigenvalue weighted by Gasteiger charge is 2.28. The van der Waals surface area contributed by atoms with Crippen LogP contribution in [0, 0.1) is 5.92 Å². The summed E-state index contributed by atoms with van der Waals surface area (Å²) in [5.74, 6) is 0.295. The highest BCUT2D eigenvalue weighted by atomic mass is 16.3. The van der Waals surface area contributed by atoms with Crippen LogP contribution in [-0.2, 0) is 20.0 Å². The van der Waals surface area contributed by atoms with Gasteiger partial charge >= 0.3 is 0 Å². The van der Waals surface area contributed by atoms with E-state index in [1.54, 1.807) is 0 Å². The Morgan fingerprint density at radius 1 is 1.04 bits per heavy atom. The molecule has 2 heterocycles. The van der Waals surface area contributed by atoms with E-state index in [0.29, 0.717) is 5.92 Å². The number of fused-ring (bicyclic) bond motifs is 1. The van der Waals surface area contributed by atoms with Crippen molar-refractivity contribution in [2.24, 2.45) is 13.0 Å². The van der Waals surface area contributed by atoms with Gasteiger partial charge in [0.15, 0.2) is 0 Å². The summed E-state index contributed by atoms with van der Waals surface area (Å²) in [6.07, 6.45) is 3.83. The Hall–Kier alpha value is -2.10. The third kappa shape index (κ3) is 3.48. The molecule has 0 radical (unpaired) electrons. The van der Waals surface area contributed by atoms with E-state index in [0.717, 1.165) is 32.5 Å². The van der Waals surface area contributed by atoms with Crippen molar-refractivity contribution < 1.29 is 5.11 Å². The van der Waals surface area contributed by atoms with E-state index in [4.69, 9.17) is 0 Å². The molecule has 1 aliphatic rings. The van der Waals surface area contributed by atoms with Gasteiger partial charge in [-0.05, 0) is 30.0 Å². The minimum absolute atomic E-state index is 0.203. The molecule has 1 aliphatic heterocycles. The van der Waals surface area contributed by atoms with Crippen molar-refractivity contribution in [2.75, 3.05) is 13.1 Å². The van der Waals surface area contributed by atoms with Crippen LogP contribution in [-0.4, -0.2) is 33.8 Å². The zero-order valence-electron chi connectivity index (χ0n) is 14.8. The fourth-order valence-electron chi connectivity index (χ4n) is 4.15. The van der Waals surface area contributed by atoms with Gasteiger partial charge in [0.2, 0.25) is 0 Å². The molecule has 1 aromatic heterocycles. The van der Waals surface area contributed by atoms with Gasteiger partial charge in [0, 0.05) is 49.7 Å². The summed E-state index contributed by atoms with van der Waals surface area (Å²) in [5.41, 5.74) is 3.97. The Morgan fingerprint density at radius 2 is 1.80 bits per heavy atom. The lowest BCUT2D eigenvalue weighted by Crippen LogP contribution is -2.43. The van der Waals surface area contributed by atoms with Gasteiger partial charge in [-0.15, -0.1) is 0 Å². The maximum absolute atomic E-state index is 10.6. The minimum atomic E-state index is -0.203. The predicted octanol–water partition coefficient (Wildman–Crippen LogP) is 3.60. The predicted molar refractivity (Wildman–Crippen MR) is 102 cm³/mol. The molecule has 0 amide bonds. The fraction of sp³-hybridized carbons (Fsp3) is 0.364. The average molecular weight is 334 g/mol. The third-order valence-corrected chi connectivity index (χ3v) is 5.49. The molecule has 4 rings (SSSR count). The number of likely N-dealkylation sites (tertiary alicyclic amines) is 1. The van der Waals surface area contributed by atoms with Crippen LogP contribution in [0.3, 0.4) is 0 Å². The number of rotatable bonds is 4. The quantitative estimate of drug-likeness (QED) is 0.789. The molecule has 2 atom stereocenters. The smallest absolute Gasteiger partial charge is 0.0596 e. The zero-order valence-corrected chi connectivity index (χ0v) is 14.8. The average Bonchev–Trinajstić information content (AvgIpc) is 2.95. The number of aliphatic hydroxyl groups excluding tert-OH is 1. The molecule has 2 aromatic carbocycles. The molecule has 1 saturated heterocycles. The first-order chi connectivity index (χ1) is 12.2. The third-order valence-electron chi connectivity index (χ3n) is 5.49. The van der Waals surface area contributed by atoms with Gasteiger partial charge in [-0.3, -0.25) is 4.90 Å². The largest absolute Gasteiger partial charge is 0.393 e. The molecule has 0 saturated carbocycles. The molecule has 130 valence electrons. The van der Waals surface area contributed by atoms with Gasteiger partial charge in [-0.2, -0.15) is 0 Å². The number of hydrogen-bond acceptors (Lipinski definition) is 2. The van der Waals surface area contributed by atoms with Crippen LogP contribution in [0.25, 0.3) is 10.9 Å². The number of para-hydroxylation sites is 1. The lowest BCUT2D eigenvalue weighted by atomic mass is 9.88. The molecular formula is C22H26N2O. The van der Waals surface area contributed by atoms with Crippen molar-refractivity contribution in [3.63, 3.8) is 0 Å². The Morgan fingerprint density at radius 3 is 2.64 bits per heavy atom. The van der Waals surface area contributed by atoms with Crippen molar-refractivity contribution in [2.45, 2.75) is 25.5 Å². The van der Waals surface area contributed by atoms with E-state index in [1.807, 2.05) is 0 Å². The summed E-state index contributed by atoms with van der Waals surface area (Å²) in [7, 11) is 2.10. The van der Waals surface area contributed by atoms with Crippen LogP contribution in [0.4, 0.5) is 0 Å². The van der Waals surface area contributed by atoms with Crippen molar-refractivity contribution in [3.05, 3.63) is 71.9 Å². The second-order valence-corrected chi connectivity index (χ2v) is 7.32. The molecule has 1 fully saturated rings. The van der Waals surface area contributed by atoms with Crippen molar-refractivity contribution >= 4 is 10.9 Å². The Kier molecular flexibility index (Phi) is 4.60. The lowest BCUT2D eigenvalue weighted by molar-refractivity contribution is 0.0240. The minimum Gasteiger partial charge on any atom is -0.393 e. The molecule has 25 heavy (non-hydrogen) atoms. The van der Waals surface area contributed by atoms with E-state index in [9.17, 15) is 5.11 Å². The van der Waals surface area contributed by atoms with Gasteiger partial charge < -0.3 is 9.67 Å². The highest BCUT2D eigenvalue weighted by molar-refractivity contribution is 5.83.